The predicted molar refractivity (Wildman–Crippen MR) is 87.3 cm³/mol. The molecule has 1 fully saturated rings. The second kappa shape index (κ2) is 5.55. The molecule has 0 spiro atoms. The third-order valence-electron chi connectivity index (χ3n) is 5.37. The van der Waals surface area contributed by atoms with E-state index in [1.54, 1.807) is 0 Å². The molecule has 2 aliphatic carbocycles. The van der Waals surface area contributed by atoms with Crippen LogP contribution in [-0.4, -0.2) is 22.1 Å². The molecule has 2 aliphatic rings. The van der Waals surface area contributed by atoms with E-state index in [1.165, 1.54) is 18.4 Å². The Balaban J connectivity index is 1.58. The van der Waals surface area contributed by atoms with E-state index in [2.05, 4.69) is 22.4 Å². The van der Waals surface area contributed by atoms with Crippen LogP contribution in [0.1, 0.15) is 60.0 Å². The zero-order valence-electron chi connectivity index (χ0n) is 13.7. The van der Waals surface area contributed by atoms with Gasteiger partial charge in [-0.15, -0.1) is 0 Å². The Hall–Kier alpha value is -2.04. The lowest BCUT2D eigenvalue weighted by Crippen LogP contribution is -2.37. The molecule has 2 aromatic heterocycles. The molecule has 2 heterocycles. The first-order valence-corrected chi connectivity index (χ1v) is 8.59. The van der Waals surface area contributed by atoms with Crippen molar-refractivity contribution in [2.75, 3.05) is 0 Å². The quantitative estimate of drug-likeness (QED) is 0.893. The Bertz CT molecular complexity index is 736. The molecule has 0 saturated heterocycles. The van der Waals surface area contributed by atoms with Gasteiger partial charge in [0.05, 0.1) is 11.9 Å². The van der Waals surface area contributed by atoms with Crippen LogP contribution in [0, 0.1) is 12.8 Å². The van der Waals surface area contributed by atoms with Gasteiger partial charge in [0.2, 0.25) is 0 Å². The van der Waals surface area contributed by atoms with Crippen LogP contribution in [-0.2, 0) is 12.8 Å². The molecular formula is C18H23N3O2. The van der Waals surface area contributed by atoms with Crippen molar-refractivity contribution < 1.29 is 9.21 Å². The van der Waals surface area contributed by atoms with E-state index in [1.807, 2.05) is 13.1 Å². The standard InChI is InChI=1S/C18H23N3O2/c1-10-3-6-13(7-4-10)20-18(22)17-11(2)15-14(23-17)8-5-12-9-19-21-16(12)15/h9-10,13H,3-8H2,1-2H3,(H,19,21)(H,20,22). The number of nitrogens with one attached hydrogen (secondary N) is 2. The maximum absolute atomic E-state index is 12.7. The van der Waals surface area contributed by atoms with Crippen molar-refractivity contribution in [1.82, 2.24) is 15.5 Å². The van der Waals surface area contributed by atoms with Gasteiger partial charge < -0.3 is 9.73 Å². The molecule has 1 saturated carbocycles. The highest BCUT2D eigenvalue weighted by atomic mass is 16.4. The van der Waals surface area contributed by atoms with Crippen LogP contribution in [0.25, 0.3) is 11.3 Å². The average Bonchev–Trinajstić information content (AvgIpc) is 3.13. The van der Waals surface area contributed by atoms with E-state index in [0.717, 1.165) is 54.2 Å². The molecule has 0 radical (unpaired) electrons. The summed E-state index contributed by atoms with van der Waals surface area (Å²) in [5.74, 6) is 2.08. The first kappa shape index (κ1) is 14.5. The highest BCUT2D eigenvalue weighted by molar-refractivity contribution is 5.95. The molecule has 4 rings (SSSR count). The molecule has 0 aliphatic heterocycles. The van der Waals surface area contributed by atoms with Gasteiger partial charge in [0, 0.05) is 23.6 Å². The molecule has 5 nitrogen and oxygen atoms in total. The number of aromatic amines is 1. The van der Waals surface area contributed by atoms with E-state index >= 15 is 0 Å². The molecule has 5 heteroatoms. The fourth-order valence-corrected chi connectivity index (χ4v) is 3.91. The number of hydrogen-bond donors (Lipinski definition) is 2. The molecule has 0 bridgehead atoms. The lowest BCUT2D eigenvalue weighted by Gasteiger charge is -2.26. The number of fused-ring (bicyclic) bond motifs is 3. The summed E-state index contributed by atoms with van der Waals surface area (Å²) in [5.41, 5.74) is 4.17. The smallest absolute Gasteiger partial charge is 0.287 e. The number of aromatic nitrogens is 2. The zero-order chi connectivity index (χ0) is 16.0. The van der Waals surface area contributed by atoms with Gasteiger partial charge in [0.15, 0.2) is 5.76 Å². The number of nitrogens with zero attached hydrogens (tertiary/aromatic N) is 1. The van der Waals surface area contributed by atoms with Gasteiger partial charge in [0.25, 0.3) is 5.91 Å². The number of amides is 1. The first-order valence-electron chi connectivity index (χ1n) is 8.59. The highest BCUT2D eigenvalue weighted by Crippen LogP contribution is 2.37. The molecule has 0 unspecified atom stereocenters. The molecule has 2 N–H and O–H groups in total. The lowest BCUT2D eigenvalue weighted by atomic mass is 9.87. The first-order chi connectivity index (χ1) is 11.1. The maximum Gasteiger partial charge on any atom is 0.287 e. The number of hydrogen-bond acceptors (Lipinski definition) is 3. The molecule has 122 valence electrons. The number of rotatable bonds is 2. The summed E-state index contributed by atoms with van der Waals surface area (Å²) in [6.45, 7) is 4.25. The lowest BCUT2D eigenvalue weighted by molar-refractivity contribution is 0.0892. The predicted octanol–water partition coefficient (Wildman–Crippen LogP) is 3.39. The number of furan rings is 1. The van der Waals surface area contributed by atoms with Crippen molar-refractivity contribution in [3.8, 4) is 11.3 Å². The molecule has 0 atom stereocenters. The minimum absolute atomic E-state index is 0.0717. The Kier molecular flexibility index (Phi) is 3.51. The highest BCUT2D eigenvalue weighted by Gasteiger charge is 2.29. The second-order valence-electron chi connectivity index (χ2n) is 7.05. The molecule has 2 aromatic rings. The average molecular weight is 313 g/mol. The number of H-pyrrole nitrogens is 1. The van der Waals surface area contributed by atoms with Crippen molar-refractivity contribution in [3.63, 3.8) is 0 Å². The summed E-state index contributed by atoms with van der Waals surface area (Å²) in [6.07, 6.45) is 8.12. The number of aryl methyl sites for hydroxylation is 2. The van der Waals surface area contributed by atoms with Gasteiger partial charge in [-0.2, -0.15) is 5.10 Å². The van der Waals surface area contributed by atoms with E-state index in [-0.39, 0.29) is 11.9 Å². The fraction of sp³-hybridized carbons (Fsp3) is 0.556. The van der Waals surface area contributed by atoms with Gasteiger partial charge in [-0.3, -0.25) is 9.89 Å². The topological polar surface area (TPSA) is 70.9 Å². The van der Waals surface area contributed by atoms with E-state index in [0.29, 0.717) is 5.76 Å². The fourth-order valence-electron chi connectivity index (χ4n) is 3.91. The Labute approximate surface area is 135 Å². The third-order valence-corrected chi connectivity index (χ3v) is 5.37. The van der Waals surface area contributed by atoms with Gasteiger partial charge >= 0.3 is 0 Å². The summed E-state index contributed by atoms with van der Waals surface area (Å²) in [7, 11) is 0. The van der Waals surface area contributed by atoms with Crippen LogP contribution in [0.3, 0.4) is 0 Å². The van der Waals surface area contributed by atoms with E-state index in [4.69, 9.17) is 4.42 Å². The number of carbonyl (C=O) groups excluding carboxylic acids is 1. The van der Waals surface area contributed by atoms with E-state index < -0.39 is 0 Å². The summed E-state index contributed by atoms with van der Waals surface area (Å²) in [6, 6.07) is 0.281. The minimum Gasteiger partial charge on any atom is -0.455 e. The number of carbonyl (C=O) groups is 1. The van der Waals surface area contributed by atoms with Crippen LogP contribution in [0.5, 0.6) is 0 Å². The largest absolute Gasteiger partial charge is 0.455 e. The Morgan fingerprint density at radius 3 is 2.87 bits per heavy atom. The van der Waals surface area contributed by atoms with E-state index in [9.17, 15) is 4.79 Å². The van der Waals surface area contributed by atoms with Crippen LogP contribution in [0.15, 0.2) is 10.6 Å². The summed E-state index contributed by atoms with van der Waals surface area (Å²) in [5, 5.41) is 10.3. The summed E-state index contributed by atoms with van der Waals surface area (Å²) >= 11 is 0. The van der Waals surface area contributed by atoms with Gasteiger partial charge in [-0.25, -0.2) is 0 Å². The SMILES string of the molecule is Cc1c(C(=O)NC2CCC(C)CC2)oc2c1-c1[nH]ncc1CC2. The van der Waals surface area contributed by atoms with Crippen molar-refractivity contribution in [2.45, 2.75) is 58.4 Å². The van der Waals surface area contributed by atoms with Gasteiger partial charge in [-0.05, 0) is 50.5 Å². The second-order valence-corrected chi connectivity index (χ2v) is 7.05. The minimum atomic E-state index is -0.0717. The molecule has 1 amide bonds. The van der Waals surface area contributed by atoms with Crippen LogP contribution < -0.4 is 5.32 Å². The van der Waals surface area contributed by atoms with Crippen LogP contribution in [0.4, 0.5) is 0 Å². The summed E-state index contributed by atoms with van der Waals surface area (Å²) < 4.78 is 5.93. The maximum atomic E-state index is 12.7. The normalized spacial score (nSPS) is 23.2. The molecule has 23 heavy (non-hydrogen) atoms. The van der Waals surface area contributed by atoms with Crippen molar-refractivity contribution >= 4 is 5.91 Å². The Morgan fingerprint density at radius 2 is 2.09 bits per heavy atom. The summed E-state index contributed by atoms with van der Waals surface area (Å²) in [4.78, 5) is 12.7. The van der Waals surface area contributed by atoms with Crippen molar-refractivity contribution in [3.05, 3.63) is 28.8 Å². The van der Waals surface area contributed by atoms with Crippen molar-refractivity contribution in [1.29, 1.82) is 0 Å². The molecular weight excluding hydrogens is 290 g/mol. The molecule has 0 aromatic carbocycles. The van der Waals surface area contributed by atoms with Crippen LogP contribution in [0.2, 0.25) is 0 Å². The zero-order valence-corrected chi connectivity index (χ0v) is 13.7. The third kappa shape index (κ3) is 2.48. The van der Waals surface area contributed by atoms with Crippen LogP contribution >= 0.6 is 0 Å². The Morgan fingerprint density at radius 1 is 1.30 bits per heavy atom. The van der Waals surface area contributed by atoms with Gasteiger partial charge in [-0.1, -0.05) is 6.92 Å². The van der Waals surface area contributed by atoms with Gasteiger partial charge in [0.1, 0.15) is 5.76 Å². The van der Waals surface area contributed by atoms with Crippen molar-refractivity contribution in [2.24, 2.45) is 5.92 Å². The monoisotopic (exact) mass is 313 g/mol.